The van der Waals surface area contributed by atoms with Crippen LogP contribution in [0.25, 0.3) is 0 Å². The van der Waals surface area contributed by atoms with E-state index in [4.69, 9.17) is 4.52 Å². The van der Waals surface area contributed by atoms with Crippen LogP contribution in [0, 0.1) is 6.92 Å². The lowest BCUT2D eigenvalue weighted by Crippen LogP contribution is -2.38. The first-order valence-corrected chi connectivity index (χ1v) is 6.20. The van der Waals surface area contributed by atoms with Gasteiger partial charge in [-0.3, -0.25) is 10.2 Å². The van der Waals surface area contributed by atoms with Gasteiger partial charge >= 0.3 is 0 Å². The first-order chi connectivity index (χ1) is 8.24. The molecule has 96 valence electrons. The van der Waals surface area contributed by atoms with E-state index in [1.807, 2.05) is 0 Å². The molecule has 0 bridgehead atoms. The quantitative estimate of drug-likeness (QED) is 0.539. The zero-order valence-electron chi connectivity index (χ0n) is 10.6. The fourth-order valence-electron chi connectivity index (χ4n) is 1.50. The largest absolute Gasteiger partial charge is 0.361 e. The molecule has 0 radical (unpaired) electrons. The van der Waals surface area contributed by atoms with E-state index in [0.29, 0.717) is 11.5 Å². The summed E-state index contributed by atoms with van der Waals surface area (Å²) in [5, 5.41) is 3.63. The first-order valence-electron chi connectivity index (χ1n) is 6.20. The van der Waals surface area contributed by atoms with Gasteiger partial charge in [0, 0.05) is 12.6 Å². The number of hydrogen-bond donors (Lipinski definition) is 2. The van der Waals surface area contributed by atoms with E-state index in [2.05, 4.69) is 22.9 Å². The van der Waals surface area contributed by atoms with Gasteiger partial charge in [0.2, 0.25) is 0 Å². The van der Waals surface area contributed by atoms with Crippen LogP contribution >= 0.6 is 0 Å². The number of nitrogens with zero attached hydrogens (tertiary/aromatic N) is 1. The van der Waals surface area contributed by atoms with E-state index < -0.39 is 0 Å². The van der Waals surface area contributed by atoms with Crippen LogP contribution in [0.15, 0.2) is 10.6 Å². The summed E-state index contributed by atoms with van der Waals surface area (Å²) in [5.74, 6) is 0.380. The molecule has 1 aromatic heterocycles. The topological polar surface area (TPSA) is 67.2 Å². The molecular formula is C12H21N3O2. The standard InChI is InChI=1S/C12H21N3O2/c1-3-4-5-6-7-8-13-14-12(16)11-9-10(2)17-15-11/h9,13H,3-8H2,1-2H3,(H,14,16). The first kappa shape index (κ1) is 13.7. The summed E-state index contributed by atoms with van der Waals surface area (Å²) >= 11 is 0. The van der Waals surface area contributed by atoms with Crippen molar-refractivity contribution in [1.82, 2.24) is 16.0 Å². The Hall–Kier alpha value is -1.36. The van der Waals surface area contributed by atoms with Crippen molar-refractivity contribution in [2.24, 2.45) is 0 Å². The molecule has 0 atom stereocenters. The van der Waals surface area contributed by atoms with Gasteiger partial charge in [-0.2, -0.15) is 0 Å². The molecule has 1 heterocycles. The third-order valence-electron chi connectivity index (χ3n) is 2.47. The Morgan fingerprint density at radius 2 is 2.12 bits per heavy atom. The Morgan fingerprint density at radius 3 is 2.76 bits per heavy atom. The molecule has 0 unspecified atom stereocenters. The summed E-state index contributed by atoms with van der Waals surface area (Å²) in [6, 6.07) is 1.61. The Morgan fingerprint density at radius 1 is 1.35 bits per heavy atom. The molecule has 0 saturated carbocycles. The number of nitrogens with one attached hydrogen (secondary N) is 2. The van der Waals surface area contributed by atoms with Crippen molar-refractivity contribution in [2.75, 3.05) is 6.54 Å². The van der Waals surface area contributed by atoms with Crippen LogP contribution in [-0.2, 0) is 0 Å². The van der Waals surface area contributed by atoms with Crippen LogP contribution in [0.4, 0.5) is 0 Å². The highest BCUT2D eigenvalue weighted by Crippen LogP contribution is 2.01. The molecule has 2 N–H and O–H groups in total. The highest BCUT2D eigenvalue weighted by atomic mass is 16.5. The van der Waals surface area contributed by atoms with E-state index in [1.54, 1.807) is 13.0 Å². The van der Waals surface area contributed by atoms with E-state index in [-0.39, 0.29) is 5.91 Å². The van der Waals surface area contributed by atoms with E-state index in [9.17, 15) is 4.79 Å². The molecule has 17 heavy (non-hydrogen) atoms. The molecule has 0 aliphatic carbocycles. The number of rotatable bonds is 8. The number of aryl methyl sites for hydroxylation is 1. The zero-order chi connectivity index (χ0) is 12.5. The minimum Gasteiger partial charge on any atom is -0.361 e. The van der Waals surface area contributed by atoms with Gasteiger partial charge in [-0.15, -0.1) is 0 Å². The molecule has 1 rings (SSSR count). The fraction of sp³-hybridized carbons (Fsp3) is 0.667. The predicted octanol–water partition coefficient (Wildman–Crippen LogP) is 2.19. The lowest BCUT2D eigenvalue weighted by atomic mass is 10.2. The normalized spacial score (nSPS) is 10.5. The van der Waals surface area contributed by atoms with E-state index in [1.165, 1.54) is 25.7 Å². The Kier molecular flexibility index (Phi) is 6.32. The third kappa shape index (κ3) is 5.49. The van der Waals surface area contributed by atoms with Gasteiger partial charge in [0.15, 0.2) is 5.69 Å². The Bertz CT molecular complexity index is 336. The number of aromatic nitrogens is 1. The average molecular weight is 239 g/mol. The molecule has 0 aromatic carbocycles. The molecule has 0 spiro atoms. The fourth-order valence-corrected chi connectivity index (χ4v) is 1.50. The Labute approximate surface area is 102 Å². The van der Waals surface area contributed by atoms with Crippen molar-refractivity contribution >= 4 is 5.91 Å². The second-order valence-electron chi connectivity index (χ2n) is 4.12. The second kappa shape index (κ2) is 7.84. The van der Waals surface area contributed by atoms with Crippen LogP contribution in [0.1, 0.15) is 55.3 Å². The third-order valence-corrected chi connectivity index (χ3v) is 2.47. The number of carbonyl (C=O) groups is 1. The van der Waals surface area contributed by atoms with Gasteiger partial charge < -0.3 is 4.52 Å². The van der Waals surface area contributed by atoms with Crippen LogP contribution in [0.5, 0.6) is 0 Å². The summed E-state index contributed by atoms with van der Waals surface area (Å²) in [6.45, 7) is 4.73. The van der Waals surface area contributed by atoms with Gasteiger partial charge in [0.1, 0.15) is 5.76 Å². The maximum absolute atomic E-state index is 11.5. The minimum absolute atomic E-state index is 0.254. The van der Waals surface area contributed by atoms with Crippen LogP contribution in [0.3, 0.4) is 0 Å². The maximum Gasteiger partial charge on any atom is 0.287 e. The van der Waals surface area contributed by atoms with E-state index in [0.717, 1.165) is 13.0 Å². The molecule has 5 heteroatoms. The van der Waals surface area contributed by atoms with Crippen molar-refractivity contribution in [3.8, 4) is 0 Å². The van der Waals surface area contributed by atoms with Gasteiger partial charge in [-0.25, -0.2) is 5.43 Å². The molecule has 1 aromatic rings. The van der Waals surface area contributed by atoms with Crippen molar-refractivity contribution in [2.45, 2.75) is 46.0 Å². The maximum atomic E-state index is 11.5. The molecule has 0 aliphatic heterocycles. The molecule has 0 saturated heterocycles. The monoisotopic (exact) mass is 239 g/mol. The highest BCUT2D eigenvalue weighted by Gasteiger charge is 2.09. The summed E-state index contributed by atoms with van der Waals surface area (Å²) in [6.07, 6.45) is 6.05. The van der Waals surface area contributed by atoms with Crippen molar-refractivity contribution < 1.29 is 9.32 Å². The number of hydrazine groups is 1. The molecule has 5 nitrogen and oxygen atoms in total. The molecule has 0 fully saturated rings. The number of unbranched alkanes of at least 4 members (excludes halogenated alkanes) is 4. The highest BCUT2D eigenvalue weighted by molar-refractivity contribution is 5.91. The predicted molar refractivity (Wildman–Crippen MR) is 65.5 cm³/mol. The average Bonchev–Trinajstić information content (AvgIpc) is 2.74. The smallest absolute Gasteiger partial charge is 0.287 e. The number of amides is 1. The van der Waals surface area contributed by atoms with Crippen LogP contribution in [0.2, 0.25) is 0 Å². The minimum atomic E-state index is -0.254. The SMILES string of the molecule is CCCCCCCNNC(=O)c1cc(C)on1. The van der Waals surface area contributed by atoms with Gasteiger partial charge in [-0.05, 0) is 13.3 Å². The number of carbonyl (C=O) groups excluding carboxylic acids is 1. The van der Waals surface area contributed by atoms with Crippen molar-refractivity contribution in [3.63, 3.8) is 0 Å². The lowest BCUT2D eigenvalue weighted by Gasteiger charge is -2.04. The van der Waals surface area contributed by atoms with Crippen molar-refractivity contribution in [1.29, 1.82) is 0 Å². The summed E-state index contributed by atoms with van der Waals surface area (Å²) < 4.78 is 4.82. The molecule has 0 aliphatic rings. The van der Waals surface area contributed by atoms with Gasteiger partial charge in [0.05, 0.1) is 0 Å². The summed E-state index contributed by atoms with van der Waals surface area (Å²) in [7, 11) is 0. The Balaban J connectivity index is 2.05. The van der Waals surface area contributed by atoms with Crippen molar-refractivity contribution in [3.05, 3.63) is 17.5 Å². The lowest BCUT2D eigenvalue weighted by molar-refractivity contribution is 0.0924. The van der Waals surface area contributed by atoms with E-state index >= 15 is 0 Å². The van der Waals surface area contributed by atoms with Crippen LogP contribution in [-0.4, -0.2) is 17.6 Å². The molecular weight excluding hydrogens is 218 g/mol. The van der Waals surface area contributed by atoms with Gasteiger partial charge in [-0.1, -0.05) is 37.8 Å². The second-order valence-corrected chi connectivity index (χ2v) is 4.12. The summed E-state index contributed by atoms with van der Waals surface area (Å²) in [5.41, 5.74) is 5.79. The van der Waals surface area contributed by atoms with Gasteiger partial charge in [0.25, 0.3) is 5.91 Å². The zero-order valence-corrected chi connectivity index (χ0v) is 10.6. The van der Waals surface area contributed by atoms with Crippen LogP contribution < -0.4 is 10.9 Å². The summed E-state index contributed by atoms with van der Waals surface area (Å²) in [4.78, 5) is 11.5. The molecule has 1 amide bonds. The number of hydrogen-bond acceptors (Lipinski definition) is 4.